The molecule has 2 aromatic carbocycles. The molecule has 1 amide bonds. The minimum atomic E-state index is -0.586. The maximum Gasteiger partial charge on any atom is 0.258 e. The lowest BCUT2D eigenvalue weighted by molar-refractivity contribution is 0.0621. The fourth-order valence-corrected chi connectivity index (χ4v) is 3.67. The van der Waals surface area contributed by atoms with Crippen molar-refractivity contribution in [1.82, 2.24) is 19.8 Å². The molecule has 0 spiro atoms. The van der Waals surface area contributed by atoms with Crippen molar-refractivity contribution < 1.29 is 13.9 Å². The zero-order valence-electron chi connectivity index (χ0n) is 15.4. The molecular formula is C20H20ClFN4O2. The summed E-state index contributed by atoms with van der Waals surface area (Å²) in [4.78, 5) is 24.4. The Morgan fingerprint density at radius 3 is 2.75 bits per heavy atom. The first-order chi connectivity index (χ1) is 13.5. The van der Waals surface area contributed by atoms with Gasteiger partial charge in [-0.05, 0) is 24.3 Å². The number of aromatic amines is 1. The van der Waals surface area contributed by atoms with Crippen LogP contribution in [-0.2, 0) is 6.54 Å². The van der Waals surface area contributed by atoms with Gasteiger partial charge in [-0.15, -0.1) is 0 Å². The van der Waals surface area contributed by atoms with Crippen LogP contribution in [0.4, 0.5) is 4.39 Å². The van der Waals surface area contributed by atoms with E-state index in [-0.39, 0.29) is 16.5 Å². The Morgan fingerprint density at radius 1 is 1.25 bits per heavy atom. The Hall–Kier alpha value is -2.64. The van der Waals surface area contributed by atoms with Gasteiger partial charge in [-0.2, -0.15) is 0 Å². The number of nitrogens with one attached hydrogen (secondary N) is 1. The van der Waals surface area contributed by atoms with Gasteiger partial charge in [0.2, 0.25) is 0 Å². The first-order valence-corrected chi connectivity index (χ1v) is 9.41. The number of methoxy groups -OCH3 is 1. The number of piperazine rings is 1. The van der Waals surface area contributed by atoms with E-state index in [9.17, 15) is 9.18 Å². The highest BCUT2D eigenvalue weighted by atomic mass is 35.5. The summed E-state index contributed by atoms with van der Waals surface area (Å²) in [7, 11) is 1.63. The average Bonchev–Trinajstić information content (AvgIpc) is 3.09. The van der Waals surface area contributed by atoms with Crippen LogP contribution < -0.4 is 4.74 Å². The van der Waals surface area contributed by atoms with Gasteiger partial charge in [-0.25, -0.2) is 9.37 Å². The predicted octanol–water partition coefficient (Wildman–Crippen LogP) is 3.32. The number of H-pyrrole nitrogens is 1. The SMILES string of the molecule is COc1ccc2nc(CN3CCN(C(=O)c4c(F)cccc4Cl)CC3)[nH]c2c1. The summed E-state index contributed by atoms with van der Waals surface area (Å²) in [5.74, 6) is 0.693. The number of halogens is 2. The van der Waals surface area contributed by atoms with Crippen molar-refractivity contribution in [2.24, 2.45) is 0 Å². The number of hydrogen-bond donors (Lipinski definition) is 1. The molecule has 8 heteroatoms. The molecule has 3 aromatic rings. The maximum absolute atomic E-state index is 14.0. The third-order valence-corrected chi connectivity index (χ3v) is 5.26. The van der Waals surface area contributed by atoms with Crippen LogP contribution in [0.25, 0.3) is 11.0 Å². The van der Waals surface area contributed by atoms with Crippen LogP contribution in [-0.4, -0.2) is 59.0 Å². The summed E-state index contributed by atoms with van der Waals surface area (Å²) >= 11 is 6.02. The van der Waals surface area contributed by atoms with Gasteiger partial charge in [0.1, 0.15) is 17.4 Å². The smallest absolute Gasteiger partial charge is 0.258 e. The minimum absolute atomic E-state index is 0.0520. The second kappa shape index (κ2) is 7.77. The molecule has 0 aliphatic carbocycles. The summed E-state index contributed by atoms with van der Waals surface area (Å²) < 4.78 is 19.2. The first-order valence-electron chi connectivity index (χ1n) is 9.03. The molecule has 2 heterocycles. The van der Waals surface area contributed by atoms with Gasteiger partial charge in [-0.3, -0.25) is 9.69 Å². The molecule has 1 saturated heterocycles. The van der Waals surface area contributed by atoms with Gasteiger partial charge in [0, 0.05) is 32.2 Å². The largest absolute Gasteiger partial charge is 0.497 e. The van der Waals surface area contributed by atoms with Crippen LogP contribution in [0.3, 0.4) is 0 Å². The number of carbonyl (C=O) groups excluding carboxylic acids is 1. The van der Waals surface area contributed by atoms with Gasteiger partial charge in [0.05, 0.1) is 35.3 Å². The highest BCUT2D eigenvalue weighted by molar-refractivity contribution is 6.33. The van der Waals surface area contributed by atoms with Crippen LogP contribution in [0.15, 0.2) is 36.4 Å². The number of amides is 1. The van der Waals surface area contributed by atoms with E-state index in [0.29, 0.717) is 32.7 Å². The van der Waals surface area contributed by atoms with Crippen LogP contribution in [0.1, 0.15) is 16.2 Å². The average molecular weight is 403 g/mol. The lowest BCUT2D eigenvalue weighted by atomic mass is 10.1. The number of aromatic nitrogens is 2. The molecule has 1 aliphatic rings. The Kier molecular flexibility index (Phi) is 5.19. The van der Waals surface area contributed by atoms with Gasteiger partial charge in [0.15, 0.2) is 0 Å². The van der Waals surface area contributed by atoms with Gasteiger partial charge in [0.25, 0.3) is 5.91 Å². The van der Waals surface area contributed by atoms with Crippen molar-refractivity contribution in [2.75, 3.05) is 33.3 Å². The molecule has 146 valence electrons. The highest BCUT2D eigenvalue weighted by Gasteiger charge is 2.26. The van der Waals surface area contributed by atoms with E-state index in [0.717, 1.165) is 22.6 Å². The van der Waals surface area contributed by atoms with Crippen LogP contribution in [0.2, 0.25) is 5.02 Å². The molecule has 0 saturated carbocycles. The lowest BCUT2D eigenvalue weighted by Gasteiger charge is -2.34. The topological polar surface area (TPSA) is 61.5 Å². The number of ether oxygens (including phenoxy) is 1. The number of carbonyl (C=O) groups is 1. The van der Waals surface area contributed by atoms with Crippen molar-refractivity contribution in [3.05, 3.63) is 58.6 Å². The summed E-state index contributed by atoms with van der Waals surface area (Å²) in [5.41, 5.74) is 1.76. The van der Waals surface area contributed by atoms with Crippen molar-refractivity contribution in [1.29, 1.82) is 0 Å². The van der Waals surface area contributed by atoms with E-state index < -0.39 is 5.82 Å². The van der Waals surface area contributed by atoms with Crippen LogP contribution in [0, 0.1) is 5.82 Å². The van der Waals surface area contributed by atoms with E-state index in [2.05, 4.69) is 14.9 Å². The third kappa shape index (κ3) is 3.68. The third-order valence-electron chi connectivity index (χ3n) is 4.95. The fourth-order valence-electron chi connectivity index (χ4n) is 3.42. The summed E-state index contributed by atoms with van der Waals surface area (Å²) in [5, 5.41) is 0.144. The molecule has 1 fully saturated rings. The van der Waals surface area contributed by atoms with E-state index in [1.54, 1.807) is 12.0 Å². The molecule has 1 aromatic heterocycles. The summed E-state index contributed by atoms with van der Waals surface area (Å²) in [6.45, 7) is 3.03. The normalized spacial score (nSPS) is 15.2. The quantitative estimate of drug-likeness (QED) is 0.727. The summed E-state index contributed by atoms with van der Waals surface area (Å²) in [6.07, 6.45) is 0. The number of nitrogens with zero attached hydrogens (tertiary/aromatic N) is 3. The second-order valence-corrected chi connectivity index (χ2v) is 7.14. The summed E-state index contributed by atoms with van der Waals surface area (Å²) in [6, 6.07) is 10.0. The van der Waals surface area contributed by atoms with Crippen molar-refractivity contribution in [3.63, 3.8) is 0 Å². The Morgan fingerprint density at radius 2 is 2.04 bits per heavy atom. The molecule has 28 heavy (non-hydrogen) atoms. The molecule has 0 atom stereocenters. The van der Waals surface area contributed by atoms with E-state index in [1.165, 1.54) is 18.2 Å². The van der Waals surface area contributed by atoms with Gasteiger partial charge in [-0.1, -0.05) is 17.7 Å². The number of hydrogen-bond acceptors (Lipinski definition) is 4. The van der Waals surface area contributed by atoms with Gasteiger partial charge >= 0.3 is 0 Å². The molecule has 4 rings (SSSR count). The van der Waals surface area contributed by atoms with Gasteiger partial charge < -0.3 is 14.6 Å². The standard InChI is InChI=1S/C20H20ClFN4O2/c1-28-13-5-6-16-17(11-13)24-18(23-16)12-25-7-9-26(10-8-25)20(27)19-14(21)3-2-4-15(19)22/h2-6,11H,7-10,12H2,1H3,(H,23,24). The van der Waals surface area contributed by atoms with E-state index in [4.69, 9.17) is 16.3 Å². The zero-order chi connectivity index (χ0) is 19.7. The lowest BCUT2D eigenvalue weighted by Crippen LogP contribution is -2.48. The molecule has 1 N–H and O–H groups in total. The first kappa shape index (κ1) is 18.7. The van der Waals surface area contributed by atoms with Crippen molar-refractivity contribution >= 4 is 28.5 Å². The monoisotopic (exact) mass is 402 g/mol. The predicted molar refractivity (Wildman–Crippen MR) is 105 cm³/mol. The number of fused-ring (bicyclic) bond motifs is 1. The van der Waals surface area contributed by atoms with Crippen LogP contribution >= 0.6 is 11.6 Å². The molecular weight excluding hydrogens is 383 g/mol. The number of rotatable bonds is 4. The number of benzene rings is 2. The van der Waals surface area contributed by atoms with Crippen LogP contribution in [0.5, 0.6) is 5.75 Å². The number of imidazole rings is 1. The van der Waals surface area contributed by atoms with E-state index >= 15 is 0 Å². The molecule has 0 radical (unpaired) electrons. The Bertz CT molecular complexity index is 994. The molecule has 0 bridgehead atoms. The molecule has 1 aliphatic heterocycles. The molecule has 0 unspecified atom stereocenters. The van der Waals surface area contributed by atoms with E-state index in [1.807, 2.05) is 18.2 Å². The van der Waals surface area contributed by atoms with Crippen molar-refractivity contribution in [3.8, 4) is 5.75 Å². The molecule has 6 nitrogen and oxygen atoms in total. The Labute approximate surface area is 166 Å². The zero-order valence-corrected chi connectivity index (χ0v) is 16.2. The highest BCUT2D eigenvalue weighted by Crippen LogP contribution is 2.22. The minimum Gasteiger partial charge on any atom is -0.497 e. The van der Waals surface area contributed by atoms with Crippen molar-refractivity contribution in [2.45, 2.75) is 6.54 Å². The maximum atomic E-state index is 14.0. The fraction of sp³-hybridized carbons (Fsp3) is 0.300. The Balaban J connectivity index is 1.40. The second-order valence-electron chi connectivity index (χ2n) is 6.73.